The molecule has 1 aliphatic heterocycles. The molecule has 1 heterocycles. The van der Waals surface area contributed by atoms with E-state index < -0.39 is 49.5 Å². The molecular weight excluding hydrogens is 923 g/mol. The lowest BCUT2D eigenvalue weighted by Crippen LogP contribution is -2.60. The van der Waals surface area contributed by atoms with E-state index in [0.29, 0.717) is 12.8 Å². The summed E-state index contributed by atoms with van der Waals surface area (Å²) in [6.45, 7) is 3.90. The number of ether oxygens (including phenoxy) is 2. The third-order valence-corrected chi connectivity index (χ3v) is 16.5. The van der Waals surface area contributed by atoms with Crippen LogP contribution in [0.1, 0.15) is 354 Å². The number of aliphatic hydroxyl groups excluding tert-OH is 5. The van der Waals surface area contributed by atoms with Crippen molar-refractivity contribution in [1.29, 1.82) is 0 Å². The van der Waals surface area contributed by atoms with E-state index in [-0.39, 0.29) is 12.5 Å². The Kier molecular flexibility index (Phi) is 53.4. The minimum atomic E-state index is -1.55. The first-order chi connectivity index (χ1) is 36.3. The molecule has 74 heavy (non-hydrogen) atoms. The van der Waals surface area contributed by atoms with Crippen LogP contribution in [-0.2, 0) is 14.3 Å². The molecule has 0 radical (unpaired) electrons. The summed E-state index contributed by atoms with van der Waals surface area (Å²) in [5.74, 6) is -0.135. The van der Waals surface area contributed by atoms with Crippen molar-refractivity contribution in [2.75, 3.05) is 13.2 Å². The molecule has 7 unspecified atom stereocenters. The Morgan fingerprint density at radius 2 is 0.676 bits per heavy atom. The molecule has 9 nitrogen and oxygen atoms in total. The highest BCUT2D eigenvalue weighted by atomic mass is 16.7. The van der Waals surface area contributed by atoms with Crippen molar-refractivity contribution in [2.24, 2.45) is 0 Å². The Balaban J connectivity index is 2.08. The highest BCUT2D eigenvalue weighted by Crippen LogP contribution is 2.24. The summed E-state index contributed by atoms with van der Waals surface area (Å²) in [6.07, 6.45) is 61.7. The van der Waals surface area contributed by atoms with Crippen molar-refractivity contribution >= 4 is 5.91 Å². The van der Waals surface area contributed by atoms with Crippen LogP contribution >= 0.6 is 0 Å². The summed E-state index contributed by atoms with van der Waals surface area (Å²) in [4.78, 5) is 13.1. The van der Waals surface area contributed by atoms with Gasteiger partial charge < -0.3 is 40.3 Å². The largest absolute Gasteiger partial charge is 0.394 e. The maximum atomic E-state index is 13.1. The molecule has 0 aromatic carbocycles. The van der Waals surface area contributed by atoms with Crippen LogP contribution in [0.25, 0.3) is 0 Å². The van der Waals surface area contributed by atoms with Gasteiger partial charge in [-0.3, -0.25) is 4.79 Å². The van der Waals surface area contributed by atoms with Crippen LogP contribution in [-0.4, -0.2) is 87.5 Å². The molecule has 0 aromatic heterocycles. The van der Waals surface area contributed by atoms with Gasteiger partial charge in [-0.1, -0.05) is 335 Å². The Hall–Kier alpha value is -0.810. The second kappa shape index (κ2) is 55.5. The summed E-state index contributed by atoms with van der Waals surface area (Å²) in [5, 5.41) is 54.8. The first-order valence-corrected chi connectivity index (χ1v) is 33.2. The molecule has 0 aromatic rings. The molecular formula is C65H129NO8. The molecule has 9 heteroatoms. The zero-order valence-electron chi connectivity index (χ0n) is 49.4. The fourth-order valence-corrected chi connectivity index (χ4v) is 11.2. The van der Waals surface area contributed by atoms with E-state index in [0.717, 1.165) is 38.5 Å². The lowest BCUT2D eigenvalue weighted by atomic mass is 9.99. The molecule has 1 fully saturated rings. The molecule has 1 saturated heterocycles. The van der Waals surface area contributed by atoms with Crippen molar-refractivity contribution in [2.45, 2.75) is 397 Å². The first kappa shape index (κ1) is 71.2. The quantitative estimate of drug-likeness (QED) is 0.0330. The Labute approximate surface area is 459 Å². The summed E-state index contributed by atoms with van der Waals surface area (Å²) in [7, 11) is 0. The van der Waals surface area contributed by atoms with Crippen LogP contribution < -0.4 is 5.32 Å². The van der Waals surface area contributed by atoms with Gasteiger partial charge in [-0.2, -0.15) is 0 Å². The van der Waals surface area contributed by atoms with Gasteiger partial charge in [-0.05, 0) is 12.8 Å². The van der Waals surface area contributed by atoms with Gasteiger partial charge in [0.05, 0.1) is 25.4 Å². The molecule has 1 aliphatic rings. The number of carbonyl (C=O) groups is 1. The van der Waals surface area contributed by atoms with Gasteiger partial charge in [-0.25, -0.2) is 0 Å². The average Bonchev–Trinajstić information content (AvgIpc) is 3.40. The van der Waals surface area contributed by atoms with E-state index in [9.17, 15) is 30.3 Å². The second-order valence-corrected chi connectivity index (χ2v) is 23.6. The van der Waals surface area contributed by atoms with Crippen molar-refractivity contribution < 1.29 is 39.8 Å². The highest BCUT2D eigenvalue weighted by molar-refractivity contribution is 5.76. The van der Waals surface area contributed by atoms with E-state index in [1.54, 1.807) is 0 Å². The third kappa shape index (κ3) is 44.1. The van der Waals surface area contributed by atoms with E-state index >= 15 is 0 Å². The number of unbranched alkanes of at least 4 members (excludes halogenated alkanes) is 49. The third-order valence-electron chi connectivity index (χ3n) is 16.5. The fraction of sp³-hybridized carbons (Fsp3) is 0.985. The minimum Gasteiger partial charge on any atom is -0.394 e. The van der Waals surface area contributed by atoms with Crippen LogP contribution in [0.3, 0.4) is 0 Å². The predicted molar refractivity (Wildman–Crippen MR) is 314 cm³/mol. The maximum absolute atomic E-state index is 13.1. The number of hydrogen-bond donors (Lipinski definition) is 6. The zero-order chi connectivity index (χ0) is 53.6. The first-order valence-electron chi connectivity index (χ1n) is 33.2. The van der Waals surface area contributed by atoms with Gasteiger partial charge in [0.2, 0.25) is 5.91 Å². The van der Waals surface area contributed by atoms with Gasteiger partial charge in [0.25, 0.3) is 0 Å². The zero-order valence-corrected chi connectivity index (χ0v) is 49.4. The number of carbonyl (C=O) groups excluding carboxylic acids is 1. The van der Waals surface area contributed by atoms with E-state index in [1.165, 1.54) is 289 Å². The molecule has 0 spiro atoms. The summed E-state index contributed by atoms with van der Waals surface area (Å²) < 4.78 is 11.4. The maximum Gasteiger partial charge on any atom is 0.220 e. The Morgan fingerprint density at radius 3 is 0.959 bits per heavy atom. The van der Waals surface area contributed by atoms with E-state index in [1.807, 2.05) is 0 Å². The number of aliphatic hydroxyl groups is 5. The standard InChI is InChI=1S/C65H129NO8/c1-3-5-7-9-11-13-15-17-19-21-23-24-25-26-27-28-29-30-31-32-33-34-35-36-37-38-40-42-44-46-48-50-52-54-59(68)58(57-73-65-64(72)63(71)62(70)60(56-67)74-65)66-61(69)55-53-51-49-47-45-43-41-39-22-20-18-16-14-12-10-8-6-4-2/h58-60,62-65,67-68,70-72H,3-57H2,1-2H3,(H,66,69). The molecule has 7 atom stereocenters. The van der Waals surface area contributed by atoms with Gasteiger partial charge in [-0.15, -0.1) is 0 Å². The SMILES string of the molecule is CCCCCCCCCCCCCCCCCCCCCCCCCCCCCCCCCCCC(O)C(COC1OC(CO)C(O)C(O)C1O)NC(=O)CCCCCCCCCCCCCCCCCCCC. The van der Waals surface area contributed by atoms with Gasteiger partial charge in [0.1, 0.15) is 24.4 Å². The molecule has 1 amide bonds. The lowest BCUT2D eigenvalue weighted by molar-refractivity contribution is -0.302. The summed E-state index contributed by atoms with van der Waals surface area (Å²) >= 11 is 0. The number of amides is 1. The predicted octanol–water partition coefficient (Wildman–Crippen LogP) is 17.4. The highest BCUT2D eigenvalue weighted by Gasteiger charge is 2.44. The number of nitrogens with one attached hydrogen (secondary N) is 1. The number of rotatable bonds is 59. The minimum absolute atomic E-state index is 0.131. The molecule has 1 rings (SSSR count). The van der Waals surface area contributed by atoms with Crippen LogP contribution in [0.2, 0.25) is 0 Å². The normalized spacial score (nSPS) is 18.8. The van der Waals surface area contributed by atoms with Crippen molar-refractivity contribution in [1.82, 2.24) is 5.32 Å². The lowest BCUT2D eigenvalue weighted by Gasteiger charge is -2.40. The number of hydrogen-bond acceptors (Lipinski definition) is 8. The topological polar surface area (TPSA) is 149 Å². The molecule has 0 saturated carbocycles. The van der Waals surface area contributed by atoms with Crippen LogP contribution in [0, 0.1) is 0 Å². The van der Waals surface area contributed by atoms with Crippen LogP contribution in [0.15, 0.2) is 0 Å². The van der Waals surface area contributed by atoms with E-state index in [2.05, 4.69) is 19.2 Å². The molecule has 6 N–H and O–H groups in total. The smallest absolute Gasteiger partial charge is 0.220 e. The van der Waals surface area contributed by atoms with Crippen molar-refractivity contribution in [3.8, 4) is 0 Å². The fourth-order valence-electron chi connectivity index (χ4n) is 11.2. The van der Waals surface area contributed by atoms with Crippen molar-refractivity contribution in [3.63, 3.8) is 0 Å². The Morgan fingerprint density at radius 1 is 0.405 bits per heavy atom. The van der Waals surface area contributed by atoms with E-state index in [4.69, 9.17) is 9.47 Å². The Bertz CT molecular complexity index is 1130. The second-order valence-electron chi connectivity index (χ2n) is 23.6. The molecule has 442 valence electrons. The van der Waals surface area contributed by atoms with Crippen LogP contribution in [0.5, 0.6) is 0 Å². The molecule has 0 bridgehead atoms. The van der Waals surface area contributed by atoms with Gasteiger partial charge in [0.15, 0.2) is 6.29 Å². The summed E-state index contributed by atoms with van der Waals surface area (Å²) in [6, 6.07) is -0.714. The molecule has 0 aliphatic carbocycles. The van der Waals surface area contributed by atoms with Gasteiger partial charge in [0, 0.05) is 6.42 Å². The monoisotopic (exact) mass is 1050 g/mol. The van der Waals surface area contributed by atoms with Gasteiger partial charge >= 0.3 is 0 Å². The summed E-state index contributed by atoms with van der Waals surface area (Å²) in [5.41, 5.74) is 0. The average molecular weight is 1050 g/mol. The van der Waals surface area contributed by atoms with Crippen molar-refractivity contribution in [3.05, 3.63) is 0 Å². The van der Waals surface area contributed by atoms with Crippen LogP contribution in [0.4, 0.5) is 0 Å².